The second-order valence-corrected chi connectivity index (χ2v) is 7.28. The number of aromatic nitrogens is 1. The van der Waals surface area contributed by atoms with Crippen molar-refractivity contribution in [1.29, 1.82) is 0 Å². The number of amides is 3. The molecule has 2 heterocycles. The van der Waals surface area contributed by atoms with Crippen molar-refractivity contribution in [2.24, 2.45) is 0 Å². The number of pyridine rings is 1. The van der Waals surface area contributed by atoms with Gasteiger partial charge in [0.2, 0.25) is 0 Å². The molecule has 0 unspecified atom stereocenters. The molecule has 0 radical (unpaired) electrons. The molecule has 1 saturated heterocycles. The van der Waals surface area contributed by atoms with E-state index in [0.717, 1.165) is 4.90 Å². The van der Waals surface area contributed by atoms with E-state index in [0.29, 0.717) is 17.3 Å². The van der Waals surface area contributed by atoms with E-state index in [1.807, 2.05) is 0 Å². The Kier molecular flexibility index (Phi) is 7.25. The van der Waals surface area contributed by atoms with Crippen molar-refractivity contribution in [2.45, 2.75) is 6.61 Å². The number of halogens is 2. The first-order valence-corrected chi connectivity index (χ1v) is 9.96. The van der Waals surface area contributed by atoms with Gasteiger partial charge in [-0.2, -0.15) is 8.78 Å². The summed E-state index contributed by atoms with van der Waals surface area (Å²) in [6.07, 6.45) is 2.81. The summed E-state index contributed by atoms with van der Waals surface area (Å²) in [7, 11) is 1.28. The first kappa shape index (κ1) is 23.0. The maximum atomic E-state index is 12.6. The molecular formula is C20H17F2N3O6S. The average molecular weight is 465 g/mol. The molecule has 12 heteroatoms. The molecule has 1 aliphatic rings. The molecule has 2 aromatic rings. The predicted octanol–water partition coefficient (Wildman–Crippen LogP) is 2.45. The molecule has 3 rings (SSSR count). The van der Waals surface area contributed by atoms with Crippen LogP contribution in [-0.2, 0) is 4.79 Å². The highest BCUT2D eigenvalue weighted by atomic mass is 32.2. The Balaban J connectivity index is 1.65. The van der Waals surface area contributed by atoms with Crippen LogP contribution in [0.2, 0.25) is 0 Å². The number of nitrogens with one attached hydrogen (secondary N) is 2. The molecule has 0 atom stereocenters. The number of aromatic amines is 1. The second-order valence-electron chi connectivity index (χ2n) is 6.29. The third-order valence-corrected chi connectivity index (χ3v) is 5.17. The van der Waals surface area contributed by atoms with E-state index in [-0.39, 0.29) is 35.1 Å². The number of methoxy groups -OCH3 is 1. The van der Waals surface area contributed by atoms with Crippen LogP contribution in [0.4, 0.5) is 13.6 Å². The average Bonchev–Trinajstić information content (AvgIpc) is 3.02. The van der Waals surface area contributed by atoms with Crippen LogP contribution in [0.1, 0.15) is 15.9 Å². The van der Waals surface area contributed by atoms with Gasteiger partial charge in [0.1, 0.15) is 5.56 Å². The van der Waals surface area contributed by atoms with Gasteiger partial charge in [-0.25, -0.2) is 0 Å². The van der Waals surface area contributed by atoms with E-state index in [4.69, 9.17) is 4.74 Å². The van der Waals surface area contributed by atoms with Crippen LogP contribution in [0.15, 0.2) is 46.2 Å². The van der Waals surface area contributed by atoms with Gasteiger partial charge in [-0.15, -0.1) is 0 Å². The Hall–Kier alpha value is -3.67. The molecule has 3 amide bonds. The lowest BCUT2D eigenvalue weighted by molar-refractivity contribution is -0.122. The van der Waals surface area contributed by atoms with Crippen molar-refractivity contribution in [3.63, 3.8) is 0 Å². The van der Waals surface area contributed by atoms with Crippen LogP contribution in [0.3, 0.4) is 0 Å². The lowest BCUT2D eigenvalue weighted by Crippen LogP contribution is -2.38. The normalized spacial score (nSPS) is 14.9. The number of alkyl halides is 2. The van der Waals surface area contributed by atoms with Crippen LogP contribution in [0.25, 0.3) is 6.08 Å². The fourth-order valence-electron chi connectivity index (χ4n) is 2.79. The number of ether oxygens (including phenoxy) is 2. The Labute approximate surface area is 184 Å². The monoisotopic (exact) mass is 465 g/mol. The molecule has 0 spiro atoms. The molecule has 32 heavy (non-hydrogen) atoms. The lowest BCUT2D eigenvalue weighted by Gasteiger charge is -2.13. The molecule has 168 valence electrons. The van der Waals surface area contributed by atoms with Crippen LogP contribution < -0.4 is 20.3 Å². The Morgan fingerprint density at radius 3 is 2.72 bits per heavy atom. The molecule has 1 aliphatic heterocycles. The number of imide groups is 1. The molecule has 9 nitrogen and oxygen atoms in total. The molecule has 1 fully saturated rings. The minimum atomic E-state index is -3.02. The lowest BCUT2D eigenvalue weighted by atomic mass is 10.2. The number of hydrogen-bond donors (Lipinski definition) is 2. The topological polar surface area (TPSA) is 118 Å². The Bertz CT molecular complexity index is 1130. The molecule has 1 aromatic heterocycles. The summed E-state index contributed by atoms with van der Waals surface area (Å²) in [5.41, 5.74) is -0.209. The minimum absolute atomic E-state index is 0.0388. The van der Waals surface area contributed by atoms with Gasteiger partial charge in [0.15, 0.2) is 11.5 Å². The summed E-state index contributed by atoms with van der Waals surface area (Å²) in [6, 6.07) is 6.94. The van der Waals surface area contributed by atoms with Gasteiger partial charge < -0.3 is 19.8 Å². The number of nitrogens with zero attached hydrogens (tertiary/aromatic N) is 1. The quantitative estimate of drug-likeness (QED) is 0.575. The van der Waals surface area contributed by atoms with Gasteiger partial charge >= 0.3 is 6.61 Å². The highest BCUT2D eigenvalue weighted by Crippen LogP contribution is 2.34. The Morgan fingerprint density at radius 1 is 1.25 bits per heavy atom. The third kappa shape index (κ3) is 5.32. The van der Waals surface area contributed by atoms with E-state index in [1.54, 1.807) is 0 Å². The number of H-pyrrole nitrogens is 1. The summed E-state index contributed by atoms with van der Waals surface area (Å²) in [4.78, 5) is 51.9. The van der Waals surface area contributed by atoms with Crippen molar-refractivity contribution in [3.8, 4) is 11.5 Å². The second kappa shape index (κ2) is 10.1. The number of carbonyl (C=O) groups is 3. The maximum Gasteiger partial charge on any atom is 0.387 e. The predicted molar refractivity (Wildman–Crippen MR) is 112 cm³/mol. The third-order valence-electron chi connectivity index (χ3n) is 4.26. The van der Waals surface area contributed by atoms with E-state index in [1.165, 1.54) is 49.7 Å². The van der Waals surface area contributed by atoms with Gasteiger partial charge in [0, 0.05) is 19.3 Å². The van der Waals surface area contributed by atoms with E-state index in [2.05, 4.69) is 15.0 Å². The van der Waals surface area contributed by atoms with Crippen molar-refractivity contribution < 1.29 is 32.6 Å². The molecular weight excluding hydrogens is 448 g/mol. The summed E-state index contributed by atoms with van der Waals surface area (Å²) >= 11 is 0.701. The first-order chi connectivity index (χ1) is 15.3. The van der Waals surface area contributed by atoms with Gasteiger partial charge in [0.25, 0.3) is 22.6 Å². The van der Waals surface area contributed by atoms with Crippen LogP contribution in [0, 0.1) is 0 Å². The molecule has 2 N–H and O–H groups in total. The summed E-state index contributed by atoms with van der Waals surface area (Å²) < 4.78 is 34.3. The Morgan fingerprint density at radius 2 is 2.03 bits per heavy atom. The maximum absolute atomic E-state index is 12.6. The van der Waals surface area contributed by atoms with E-state index < -0.39 is 29.2 Å². The fourth-order valence-corrected chi connectivity index (χ4v) is 3.65. The van der Waals surface area contributed by atoms with Crippen LogP contribution in [0.5, 0.6) is 11.5 Å². The highest BCUT2D eigenvalue weighted by molar-refractivity contribution is 8.18. The zero-order valence-electron chi connectivity index (χ0n) is 16.6. The summed E-state index contributed by atoms with van der Waals surface area (Å²) in [5, 5.41) is 1.95. The van der Waals surface area contributed by atoms with Gasteiger partial charge in [0.05, 0.1) is 12.0 Å². The molecule has 0 bridgehead atoms. The summed E-state index contributed by atoms with van der Waals surface area (Å²) in [5.74, 6) is -1.33. The SMILES string of the molecule is COc1cc(/C=C2\SC(=O)N(CCNC(=O)c3ccc[nH]c3=O)C2=O)ccc1OC(F)F. The van der Waals surface area contributed by atoms with Gasteiger partial charge in [-0.05, 0) is 47.7 Å². The first-order valence-electron chi connectivity index (χ1n) is 9.14. The zero-order chi connectivity index (χ0) is 23.3. The number of rotatable bonds is 8. The van der Waals surface area contributed by atoms with Crippen LogP contribution in [-0.4, -0.2) is 53.7 Å². The van der Waals surface area contributed by atoms with Crippen molar-refractivity contribution >= 4 is 34.9 Å². The van der Waals surface area contributed by atoms with Gasteiger partial charge in [-0.3, -0.25) is 24.1 Å². The standard InChI is InChI=1S/C20H17F2N3O6S/c1-30-14-9-11(4-5-13(14)31-19(21)22)10-15-18(28)25(20(29)32-15)8-7-24-17(27)12-3-2-6-23-16(12)26/h2-6,9-10,19H,7-8H2,1H3,(H,23,26)(H,24,27)/b15-10-. The molecule has 0 saturated carbocycles. The highest BCUT2D eigenvalue weighted by Gasteiger charge is 2.34. The van der Waals surface area contributed by atoms with Crippen molar-refractivity contribution in [2.75, 3.05) is 20.2 Å². The van der Waals surface area contributed by atoms with Crippen LogP contribution >= 0.6 is 11.8 Å². The largest absolute Gasteiger partial charge is 0.493 e. The fraction of sp³-hybridized carbons (Fsp3) is 0.200. The number of hydrogen-bond acceptors (Lipinski definition) is 7. The van der Waals surface area contributed by atoms with Crippen molar-refractivity contribution in [3.05, 3.63) is 62.9 Å². The molecule has 0 aliphatic carbocycles. The van der Waals surface area contributed by atoms with Gasteiger partial charge in [-0.1, -0.05) is 6.07 Å². The summed E-state index contributed by atoms with van der Waals surface area (Å²) in [6.45, 7) is -3.17. The van der Waals surface area contributed by atoms with E-state index in [9.17, 15) is 28.0 Å². The number of benzene rings is 1. The number of carbonyl (C=O) groups excluding carboxylic acids is 3. The minimum Gasteiger partial charge on any atom is -0.493 e. The van der Waals surface area contributed by atoms with Crippen molar-refractivity contribution in [1.82, 2.24) is 15.2 Å². The zero-order valence-corrected chi connectivity index (χ0v) is 17.4. The number of thioether (sulfide) groups is 1. The smallest absolute Gasteiger partial charge is 0.387 e. The molecule has 1 aromatic carbocycles. The van der Waals surface area contributed by atoms with E-state index >= 15 is 0 Å².